The number of benzene rings is 3. The molecule has 0 amide bonds. The first-order chi connectivity index (χ1) is 23.3. The van der Waals surface area contributed by atoms with Gasteiger partial charge >= 0.3 is 0 Å². The van der Waals surface area contributed by atoms with Gasteiger partial charge in [-0.25, -0.2) is 0 Å². The summed E-state index contributed by atoms with van der Waals surface area (Å²) in [7, 11) is 0. The van der Waals surface area contributed by atoms with Gasteiger partial charge in [-0.15, -0.1) is 22.7 Å². The van der Waals surface area contributed by atoms with Gasteiger partial charge in [0.05, 0.1) is 56.2 Å². The molecule has 0 bridgehead atoms. The Bertz CT molecular complexity index is 2360. The number of hydrogen-bond acceptors (Lipinski definition) is 13. The molecule has 7 rings (SSSR count). The molecule has 0 saturated heterocycles. The Balaban J connectivity index is 1.25. The lowest BCUT2D eigenvalue weighted by atomic mass is 10.0. The molecule has 0 aliphatic carbocycles. The van der Waals surface area contributed by atoms with Gasteiger partial charge in [-0.3, -0.25) is 20.2 Å². The van der Waals surface area contributed by atoms with Crippen molar-refractivity contribution in [2.45, 2.75) is 0 Å². The van der Waals surface area contributed by atoms with Gasteiger partial charge in [0.2, 0.25) is 0 Å². The zero-order chi connectivity index (χ0) is 33.4. The van der Waals surface area contributed by atoms with Crippen LogP contribution in [0, 0.1) is 42.9 Å². The summed E-state index contributed by atoms with van der Waals surface area (Å²) in [6, 6.07) is 23.7. The SMILES string of the molecule is N#C/C(=C\c1ccc(-c2c3c(c(-c4ccc(/C=C(\C#N)c5ccc([N+](=O)[O-])cc5)s4)c4nsnc24)N=S=N3)s1)c1ccc([N+](=O)[O-])cc1. The lowest BCUT2D eigenvalue weighted by Gasteiger charge is -2.09. The highest BCUT2D eigenvalue weighted by molar-refractivity contribution is 7.58. The van der Waals surface area contributed by atoms with Crippen LogP contribution in [0.3, 0.4) is 0 Å². The maximum Gasteiger partial charge on any atom is 0.269 e. The third-order valence-corrected chi connectivity index (χ3v) is 10.4. The summed E-state index contributed by atoms with van der Waals surface area (Å²) in [5.74, 6) is 0. The van der Waals surface area contributed by atoms with E-state index in [-0.39, 0.29) is 11.4 Å². The van der Waals surface area contributed by atoms with Crippen molar-refractivity contribution in [2.24, 2.45) is 8.73 Å². The van der Waals surface area contributed by atoms with Crippen LogP contribution in [0.4, 0.5) is 22.7 Å². The van der Waals surface area contributed by atoms with Crippen LogP contribution in [-0.2, 0) is 11.4 Å². The Labute approximate surface area is 286 Å². The van der Waals surface area contributed by atoms with E-state index in [4.69, 9.17) is 0 Å². The van der Waals surface area contributed by atoms with Crippen LogP contribution < -0.4 is 0 Å². The first kappa shape index (κ1) is 30.6. The van der Waals surface area contributed by atoms with Gasteiger partial charge in [-0.1, -0.05) is 0 Å². The van der Waals surface area contributed by atoms with Crippen LogP contribution in [0.25, 0.3) is 55.2 Å². The number of non-ortho nitro benzene ring substituents is 2. The molecule has 0 atom stereocenters. The fraction of sp³-hybridized carbons (Fsp3) is 0. The van der Waals surface area contributed by atoms with E-state index in [1.54, 1.807) is 36.4 Å². The largest absolute Gasteiger partial charge is 0.269 e. The Hall–Kier alpha value is -6.04. The van der Waals surface area contributed by atoms with E-state index in [0.717, 1.165) is 53.7 Å². The van der Waals surface area contributed by atoms with Crippen molar-refractivity contribution in [3.63, 3.8) is 0 Å². The lowest BCUT2D eigenvalue weighted by molar-refractivity contribution is -0.385. The van der Waals surface area contributed by atoms with Crippen LogP contribution in [0.15, 0.2) is 81.5 Å². The number of nitro benzene ring substituents is 2. The number of aromatic nitrogens is 2. The number of nitriles is 2. The monoisotopic (exact) mass is 702 g/mol. The maximum atomic E-state index is 11.0. The van der Waals surface area contributed by atoms with Crippen LogP contribution in [0.5, 0.6) is 0 Å². The van der Waals surface area contributed by atoms with Gasteiger partial charge in [-0.2, -0.15) is 28.0 Å². The predicted octanol–water partition coefficient (Wildman–Crippen LogP) is 9.82. The molecule has 0 spiro atoms. The molecule has 3 aromatic heterocycles. The van der Waals surface area contributed by atoms with Crippen molar-refractivity contribution in [2.75, 3.05) is 0 Å². The van der Waals surface area contributed by atoms with E-state index in [2.05, 4.69) is 29.6 Å². The third kappa shape index (κ3) is 5.61. The van der Waals surface area contributed by atoms with E-state index >= 15 is 0 Å². The van der Waals surface area contributed by atoms with Crippen LogP contribution in [0.1, 0.15) is 20.9 Å². The highest BCUT2D eigenvalue weighted by atomic mass is 32.1. The average Bonchev–Trinajstić information content (AvgIpc) is 3.93. The first-order valence-electron chi connectivity index (χ1n) is 13.7. The molecule has 1 aliphatic heterocycles. The quantitative estimate of drug-likeness (QED) is 0.0850. The second-order valence-electron chi connectivity index (χ2n) is 10.0. The summed E-state index contributed by atoms with van der Waals surface area (Å²) in [5.41, 5.74) is 5.99. The number of allylic oxidation sites excluding steroid dienone is 2. The number of nitrogens with zero attached hydrogens (tertiary/aromatic N) is 8. The molecule has 6 aromatic rings. The number of nitro groups is 2. The summed E-state index contributed by atoms with van der Waals surface area (Å²) in [5, 5.41) is 41.7. The zero-order valence-corrected chi connectivity index (χ0v) is 27.2. The molecule has 3 aromatic carbocycles. The van der Waals surface area contributed by atoms with Crippen LogP contribution in [0.2, 0.25) is 0 Å². The zero-order valence-electron chi connectivity index (χ0n) is 23.9. The fourth-order valence-corrected chi connectivity index (χ4v) is 8.14. The highest BCUT2D eigenvalue weighted by Gasteiger charge is 2.27. The van der Waals surface area contributed by atoms with Gasteiger partial charge < -0.3 is 0 Å². The van der Waals surface area contributed by atoms with Crippen molar-refractivity contribution < 1.29 is 9.85 Å². The standard InChI is InChI=1S/C32H14N8O4S4/c33-15-19(17-1-5-21(6-2-17)39(41)42)13-23-9-11-25(45-23)27-29-31(37-47-35-29)28(32-30(27)36-48-38-32)26-12-10-24(46-26)14-20(16-34)18-3-7-22(8-4-18)40(43)44/h1-14H/b19-13+,20-14+. The molecule has 1 aliphatic rings. The van der Waals surface area contributed by atoms with Gasteiger partial charge in [0, 0.05) is 54.9 Å². The van der Waals surface area contributed by atoms with Crippen molar-refractivity contribution in [1.29, 1.82) is 10.5 Å². The number of thiophene rings is 2. The molecular weight excluding hydrogens is 689 g/mol. The van der Waals surface area contributed by atoms with Gasteiger partial charge in [-0.05, 0) is 71.8 Å². The van der Waals surface area contributed by atoms with E-state index in [0.29, 0.717) is 44.7 Å². The van der Waals surface area contributed by atoms with E-state index < -0.39 is 9.85 Å². The Morgan fingerprint density at radius 1 is 0.646 bits per heavy atom. The summed E-state index contributed by atoms with van der Waals surface area (Å²) in [6.07, 6.45) is 3.48. The Morgan fingerprint density at radius 3 is 1.44 bits per heavy atom. The van der Waals surface area contributed by atoms with Gasteiger partial charge in [0.1, 0.15) is 22.4 Å². The third-order valence-electron chi connectivity index (χ3n) is 7.26. The fourth-order valence-electron chi connectivity index (χ4n) is 5.02. The molecule has 0 N–H and O–H groups in total. The molecule has 0 radical (unpaired) electrons. The van der Waals surface area contributed by atoms with Crippen molar-refractivity contribution in [3.05, 3.63) is 114 Å². The topological polar surface area (TPSA) is 184 Å². The van der Waals surface area contributed by atoms with Crippen molar-refractivity contribution in [3.8, 4) is 33.0 Å². The minimum Gasteiger partial charge on any atom is -0.258 e. The molecule has 12 nitrogen and oxygen atoms in total. The van der Waals surface area contributed by atoms with Crippen molar-refractivity contribution >= 4 is 103 Å². The Kier molecular flexibility index (Phi) is 8.05. The normalized spacial score (nSPS) is 12.4. The molecule has 230 valence electrons. The lowest BCUT2D eigenvalue weighted by Crippen LogP contribution is -1.88. The predicted molar refractivity (Wildman–Crippen MR) is 189 cm³/mol. The van der Waals surface area contributed by atoms with Crippen molar-refractivity contribution in [1.82, 2.24) is 8.75 Å². The molecular formula is C32H14N8O4S4. The first-order valence-corrected chi connectivity index (χ1v) is 16.8. The van der Waals surface area contributed by atoms with Crippen LogP contribution in [-0.4, -0.2) is 18.6 Å². The maximum absolute atomic E-state index is 11.0. The minimum absolute atomic E-state index is 0.0518. The minimum atomic E-state index is -0.484. The molecule has 16 heteroatoms. The second kappa shape index (κ2) is 12.6. The average molecular weight is 703 g/mol. The molecule has 0 unspecified atom stereocenters. The smallest absolute Gasteiger partial charge is 0.258 e. The number of fused-ring (bicyclic) bond motifs is 2. The summed E-state index contributed by atoms with van der Waals surface area (Å²) >= 11 is 5.06. The number of rotatable bonds is 8. The van der Waals surface area contributed by atoms with Crippen LogP contribution >= 0.6 is 34.4 Å². The summed E-state index contributed by atoms with van der Waals surface area (Å²) in [4.78, 5) is 24.4. The highest BCUT2D eigenvalue weighted by Crippen LogP contribution is 2.54. The van der Waals surface area contributed by atoms with E-state index in [9.17, 15) is 30.8 Å². The van der Waals surface area contributed by atoms with E-state index in [1.807, 2.05) is 24.3 Å². The van der Waals surface area contributed by atoms with Gasteiger partial charge in [0.15, 0.2) is 0 Å². The number of hydrogen-bond donors (Lipinski definition) is 0. The molecule has 4 heterocycles. The molecule has 0 saturated carbocycles. The summed E-state index contributed by atoms with van der Waals surface area (Å²) in [6.45, 7) is 0. The summed E-state index contributed by atoms with van der Waals surface area (Å²) < 4.78 is 18.6. The van der Waals surface area contributed by atoms with E-state index in [1.165, 1.54) is 46.9 Å². The second-order valence-corrected chi connectivity index (χ2v) is 13.3. The van der Waals surface area contributed by atoms with Gasteiger partial charge in [0.25, 0.3) is 11.4 Å². The molecule has 0 fully saturated rings. The molecule has 48 heavy (non-hydrogen) atoms. The Morgan fingerprint density at radius 2 is 1.06 bits per heavy atom.